The number of imide groups is 1. The van der Waals surface area contributed by atoms with Gasteiger partial charge in [-0.1, -0.05) is 6.07 Å². The summed E-state index contributed by atoms with van der Waals surface area (Å²) in [4.78, 5) is 42.3. The molecule has 2 amide bonds. The van der Waals surface area contributed by atoms with Crippen molar-refractivity contribution in [3.63, 3.8) is 0 Å². The number of amides is 2. The molecular formula is C25H26N6O2S. The van der Waals surface area contributed by atoms with Crippen molar-refractivity contribution in [2.24, 2.45) is 0 Å². The third kappa shape index (κ3) is 4.41. The largest absolute Gasteiger partial charge is 0.369 e. The number of rotatable bonds is 4. The highest BCUT2D eigenvalue weighted by molar-refractivity contribution is 8.18. The average molecular weight is 475 g/mol. The maximum absolute atomic E-state index is 11.9. The average Bonchev–Trinajstić information content (AvgIpc) is 3.15. The van der Waals surface area contributed by atoms with Crippen molar-refractivity contribution in [3.8, 4) is 11.3 Å². The van der Waals surface area contributed by atoms with Gasteiger partial charge < -0.3 is 4.90 Å². The lowest BCUT2D eigenvalue weighted by molar-refractivity contribution is -0.115. The number of fused-ring (bicyclic) bond motifs is 1. The molecule has 4 heterocycles. The molecule has 0 unspecified atom stereocenters. The monoisotopic (exact) mass is 474 g/mol. The molecule has 8 nitrogen and oxygen atoms in total. The van der Waals surface area contributed by atoms with E-state index in [4.69, 9.17) is 4.98 Å². The molecule has 3 aromatic rings. The quantitative estimate of drug-likeness (QED) is 0.570. The van der Waals surface area contributed by atoms with E-state index < -0.39 is 5.91 Å². The van der Waals surface area contributed by atoms with Gasteiger partial charge in [-0.15, -0.1) is 0 Å². The van der Waals surface area contributed by atoms with Crippen molar-refractivity contribution in [2.75, 3.05) is 31.1 Å². The Labute approximate surface area is 202 Å². The Bertz CT molecular complexity index is 1310. The molecule has 1 aromatic carbocycles. The molecule has 5 rings (SSSR count). The number of anilines is 1. The second-order valence-corrected chi connectivity index (χ2v) is 9.81. The van der Waals surface area contributed by atoms with Gasteiger partial charge in [0.25, 0.3) is 11.1 Å². The highest BCUT2D eigenvalue weighted by Crippen LogP contribution is 2.31. The topological polar surface area (TPSA) is 91.3 Å². The van der Waals surface area contributed by atoms with Crippen LogP contribution in [0.2, 0.25) is 0 Å². The van der Waals surface area contributed by atoms with Crippen molar-refractivity contribution < 1.29 is 9.59 Å². The van der Waals surface area contributed by atoms with Crippen LogP contribution in [0.3, 0.4) is 0 Å². The molecule has 0 bridgehead atoms. The van der Waals surface area contributed by atoms with Gasteiger partial charge in [-0.3, -0.25) is 19.8 Å². The van der Waals surface area contributed by atoms with Crippen LogP contribution in [0.4, 0.5) is 10.5 Å². The lowest BCUT2D eigenvalue weighted by atomic mass is 10.0. The second-order valence-electron chi connectivity index (χ2n) is 8.80. The van der Waals surface area contributed by atoms with E-state index >= 15 is 0 Å². The predicted octanol–water partition coefficient (Wildman–Crippen LogP) is 3.85. The molecule has 174 valence electrons. The molecule has 1 N–H and O–H groups in total. The number of carbonyl (C=O) groups excluding carboxylic acids is 2. The van der Waals surface area contributed by atoms with Gasteiger partial charge in [0.05, 0.1) is 21.8 Å². The number of nitrogens with one attached hydrogen (secondary N) is 1. The third-order valence-corrected chi connectivity index (χ3v) is 7.09. The van der Waals surface area contributed by atoms with Gasteiger partial charge >= 0.3 is 0 Å². The van der Waals surface area contributed by atoms with Crippen LogP contribution in [0.1, 0.15) is 25.1 Å². The van der Waals surface area contributed by atoms with E-state index in [2.05, 4.69) is 64.1 Å². The van der Waals surface area contributed by atoms with Gasteiger partial charge in [0.15, 0.2) is 0 Å². The van der Waals surface area contributed by atoms with Crippen LogP contribution in [0.5, 0.6) is 0 Å². The van der Waals surface area contributed by atoms with E-state index in [1.54, 1.807) is 18.5 Å². The van der Waals surface area contributed by atoms with Crippen LogP contribution in [0, 0.1) is 6.92 Å². The molecule has 2 saturated heterocycles. The first-order valence-corrected chi connectivity index (χ1v) is 12.2. The predicted molar refractivity (Wildman–Crippen MR) is 136 cm³/mol. The molecule has 0 aliphatic carbocycles. The molecule has 2 aliphatic heterocycles. The standard InChI is InChI=1S/C25H26N6O2S/c1-15(2)30-8-10-31(11-9-30)20-7-4-17(12-16(20)3)22-23-19(26-14-27-22)6-5-18(28-23)13-21-24(32)29-25(33)34-21/h4-7,12-15H,8-11H2,1-3H3,(H,29,32,33). The summed E-state index contributed by atoms with van der Waals surface area (Å²) in [6.45, 7) is 10.8. The lowest BCUT2D eigenvalue weighted by Gasteiger charge is -2.38. The summed E-state index contributed by atoms with van der Waals surface area (Å²) in [5.74, 6) is -0.401. The molecular weight excluding hydrogens is 448 g/mol. The van der Waals surface area contributed by atoms with Crippen molar-refractivity contribution in [2.45, 2.75) is 26.8 Å². The Morgan fingerprint density at radius 1 is 1.06 bits per heavy atom. The van der Waals surface area contributed by atoms with Crippen LogP contribution in [0.15, 0.2) is 41.6 Å². The van der Waals surface area contributed by atoms with Gasteiger partial charge in [-0.25, -0.2) is 15.0 Å². The minimum atomic E-state index is -0.401. The first kappa shape index (κ1) is 22.5. The van der Waals surface area contributed by atoms with Gasteiger partial charge in [-0.2, -0.15) is 0 Å². The van der Waals surface area contributed by atoms with E-state index in [0.717, 1.165) is 54.7 Å². The summed E-state index contributed by atoms with van der Waals surface area (Å²) in [6, 6.07) is 10.6. The van der Waals surface area contributed by atoms with Crippen LogP contribution < -0.4 is 10.2 Å². The van der Waals surface area contributed by atoms with Crippen molar-refractivity contribution in [1.82, 2.24) is 25.2 Å². The first-order valence-electron chi connectivity index (χ1n) is 11.4. The number of carbonyl (C=O) groups is 2. The minimum absolute atomic E-state index is 0.327. The zero-order chi connectivity index (χ0) is 23.8. The SMILES string of the molecule is Cc1cc(-c2ncnc3ccc(C=C4SC(=O)NC4=O)nc23)ccc1N1CCN(C(C)C)CC1. The fraction of sp³-hybridized carbons (Fsp3) is 0.320. The minimum Gasteiger partial charge on any atom is -0.369 e. The van der Waals surface area contributed by atoms with Gasteiger partial charge in [0.2, 0.25) is 0 Å². The smallest absolute Gasteiger partial charge is 0.290 e. The number of hydrogen-bond donors (Lipinski definition) is 1. The van der Waals surface area contributed by atoms with Gasteiger partial charge in [0.1, 0.15) is 11.8 Å². The molecule has 0 spiro atoms. The Balaban J connectivity index is 1.46. The molecule has 9 heteroatoms. The van der Waals surface area contributed by atoms with Crippen molar-refractivity contribution in [3.05, 3.63) is 52.8 Å². The number of thioether (sulfide) groups is 1. The van der Waals surface area contributed by atoms with Gasteiger partial charge in [0, 0.05) is 43.5 Å². The number of aryl methyl sites for hydroxylation is 1. The summed E-state index contributed by atoms with van der Waals surface area (Å²) >= 11 is 0.876. The van der Waals surface area contributed by atoms with Crippen LogP contribution in [-0.2, 0) is 4.79 Å². The summed E-state index contributed by atoms with van der Waals surface area (Å²) in [6.07, 6.45) is 3.16. The molecule has 2 fully saturated rings. The Morgan fingerprint density at radius 3 is 2.53 bits per heavy atom. The fourth-order valence-electron chi connectivity index (χ4n) is 4.44. The van der Waals surface area contributed by atoms with E-state index in [9.17, 15) is 9.59 Å². The number of piperazine rings is 1. The molecule has 2 aliphatic rings. The highest BCUT2D eigenvalue weighted by atomic mass is 32.2. The molecule has 0 radical (unpaired) electrons. The summed E-state index contributed by atoms with van der Waals surface area (Å²) in [7, 11) is 0. The van der Waals surface area contributed by atoms with Crippen LogP contribution >= 0.6 is 11.8 Å². The highest BCUT2D eigenvalue weighted by Gasteiger charge is 2.25. The zero-order valence-electron chi connectivity index (χ0n) is 19.4. The number of aromatic nitrogens is 3. The van der Waals surface area contributed by atoms with Crippen LogP contribution in [-0.4, -0.2) is 63.2 Å². The fourth-order valence-corrected chi connectivity index (χ4v) is 5.11. The summed E-state index contributed by atoms with van der Waals surface area (Å²) < 4.78 is 0. The summed E-state index contributed by atoms with van der Waals surface area (Å²) in [5.41, 5.74) is 6.10. The first-order chi connectivity index (χ1) is 16.4. The number of hydrogen-bond acceptors (Lipinski definition) is 8. The van der Waals surface area contributed by atoms with Crippen molar-refractivity contribution >= 4 is 45.7 Å². The summed E-state index contributed by atoms with van der Waals surface area (Å²) in [5, 5.41) is 1.89. The molecule has 34 heavy (non-hydrogen) atoms. The Hall–Kier alpha value is -3.30. The molecule has 0 saturated carbocycles. The third-order valence-electron chi connectivity index (χ3n) is 6.28. The molecule has 2 aromatic heterocycles. The van der Waals surface area contributed by atoms with E-state index in [-0.39, 0.29) is 5.24 Å². The number of nitrogens with zero attached hydrogens (tertiary/aromatic N) is 5. The zero-order valence-corrected chi connectivity index (χ0v) is 20.2. The lowest BCUT2D eigenvalue weighted by Crippen LogP contribution is -2.49. The van der Waals surface area contributed by atoms with E-state index in [1.807, 2.05) is 6.07 Å². The normalized spacial score (nSPS) is 18.4. The van der Waals surface area contributed by atoms with E-state index in [1.165, 1.54) is 11.3 Å². The van der Waals surface area contributed by atoms with Crippen LogP contribution in [0.25, 0.3) is 28.4 Å². The number of pyridine rings is 1. The molecule has 0 atom stereocenters. The second kappa shape index (κ2) is 9.15. The number of benzene rings is 1. The van der Waals surface area contributed by atoms with E-state index in [0.29, 0.717) is 22.2 Å². The Kier molecular flexibility index (Phi) is 6.05. The van der Waals surface area contributed by atoms with Crippen molar-refractivity contribution in [1.29, 1.82) is 0 Å². The maximum atomic E-state index is 11.9. The van der Waals surface area contributed by atoms with Gasteiger partial charge in [-0.05, 0) is 68.4 Å². The maximum Gasteiger partial charge on any atom is 0.290 e. The Morgan fingerprint density at radius 2 is 1.85 bits per heavy atom.